The Morgan fingerprint density at radius 3 is 2.93 bits per heavy atom. The van der Waals surface area contributed by atoms with Crippen LogP contribution in [0.3, 0.4) is 0 Å². The van der Waals surface area contributed by atoms with Crippen LogP contribution in [-0.2, 0) is 6.54 Å². The number of nitrogens with zero attached hydrogens (tertiary/aromatic N) is 1. The lowest BCUT2D eigenvalue weighted by Crippen LogP contribution is -2.00. The highest BCUT2D eigenvalue weighted by atomic mass is 79.9. The molecule has 78 valence electrons. The van der Waals surface area contributed by atoms with Crippen LogP contribution in [0.15, 0.2) is 34.1 Å². The van der Waals surface area contributed by atoms with Crippen LogP contribution >= 0.6 is 27.3 Å². The van der Waals surface area contributed by atoms with Gasteiger partial charge in [0.05, 0.1) is 12.2 Å². The maximum atomic E-state index is 4.42. The molecule has 15 heavy (non-hydrogen) atoms. The summed E-state index contributed by atoms with van der Waals surface area (Å²) in [6, 6.07) is 8.16. The van der Waals surface area contributed by atoms with Crippen LogP contribution in [0.5, 0.6) is 0 Å². The Kier molecular flexibility index (Phi) is 3.38. The van der Waals surface area contributed by atoms with Crippen molar-refractivity contribution in [2.24, 2.45) is 0 Å². The van der Waals surface area contributed by atoms with E-state index in [1.54, 1.807) is 11.3 Å². The SMILES string of the molecule is Cc1nc(NCc2cccs2)ccc1Br. The number of aryl methyl sites for hydroxylation is 1. The molecule has 0 aromatic carbocycles. The van der Waals surface area contributed by atoms with Gasteiger partial charge in [-0.1, -0.05) is 6.07 Å². The molecule has 2 rings (SSSR count). The van der Waals surface area contributed by atoms with Crippen LogP contribution < -0.4 is 5.32 Å². The Morgan fingerprint density at radius 1 is 1.40 bits per heavy atom. The highest BCUT2D eigenvalue weighted by Gasteiger charge is 1.99. The average Bonchev–Trinajstić information content (AvgIpc) is 2.73. The molecule has 2 aromatic heterocycles. The Hall–Kier alpha value is -0.870. The number of rotatable bonds is 3. The van der Waals surface area contributed by atoms with E-state index >= 15 is 0 Å². The zero-order chi connectivity index (χ0) is 10.7. The lowest BCUT2D eigenvalue weighted by atomic mass is 10.3. The quantitative estimate of drug-likeness (QED) is 0.926. The van der Waals surface area contributed by atoms with Crippen LogP contribution in [0.25, 0.3) is 0 Å². The fourth-order valence-corrected chi connectivity index (χ4v) is 2.10. The Bertz CT molecular complexity index is 440. The largest absolute Gasteiger partial charge is 0.365 e. The van der Waals surface area contributed by atoms with Gasteiger partial charge in [-0.05, 0) is 46.4 Å². The summed E-state index contributed by atoms with van der Waals surface area (Å²) < 4.78 is 1.05. The third-order valence-corrected chi connectivity index (χ3v) is 3.76. The molecule has 0 aliphatic carbocycles. The zero-order valence-corrected chi connectivity index (χ0v) is 10.7. The molecule has 0 saturated heterocycles. The predicted molar refractivity (Wildman–Crippen MR) is 68.3 cm³/mol. The van der Waals surface area contributed by atoms with E-state index in [1.165, 1.54) is 4.88 Å². The second-order valence-electron chi connectivity index (χ2n) is 3.20. The predicted octanol–water partition coefficient (Wildman–Crippen LogP) is 3.83. The molecule has 0 bridgehead atoms. The fourth-order valence-electron chi connectivity index (χ4n) is 1.23. The number of aromatic nitrogens is 1. The standard InChI is InChI=1S/C11H11BrN2S/c1-8-10(12)4-5-11(14-8)13-7-9-3-2-6-15-9/h2-6H,7H2,1H3,(H,13,14). The summed E-state index contributed by atoms with van der Waals surface area (Å²) in [4.78, 5) is 5.74. The Labute approximate surface area is 101 Å². The van der Waals surface area contributed by atoms with E-state index < -0.39 is 0 Å². The van der Waals surface area contributed by atoms with Gasteiger partial charge in [-0.3, -0.25) is 0 Å². The van der Waals surface area contributed by atoms with E-state index in [0.717, 1.165) is 22.5 Å². The zero-order valence-electron chi connectivity index (χ0n) is 8.33. The third kappa shape index (κ3) is 2.79. The maximum Gasteiger partial charge on any atom is 0.126 e. The highest BCUT2D eigenvalue weighted by molar-refractivity contribution is 9.10. The molecule has 0 saturated carbocycles. The smallest absolute Gasteiger partial charge is 0.126 e. The van der Waals surface area contributed by atoms with Gasteiger partial charge in [0.1, 0.15) is 5.82 Å². The van der Waals surface area contributed by atoms with Gasteiger partial charge in [-0.15, -0.1) is 11.3 Å². The Balaban J connectivity index is 2.02. The molecule has 0 unspecified atom stereocenters. The molecule has 0 amide bonds. The molecular formula is C11H11BrN2S. The first-order valence-corrected chi connectivity index (χ1v) is 6.32. The van der Waals surface area contributed by atoms with Crippen molar-refractivity contribution >= 4 is 33.1 Å². The minimum absolute atomic E-state index is 0.839. The first kappa shape index (κ1) is 10.6. The van der Waals surface area contributed by atoms with Crippen LogP contribution in [0.4, 0.5) is 5.82 Å². The van der Waals surface area contributed by atoms with Gasteiger partial charge in [0.15, 0.2) is 0 Å². The molecule has 2 aromatic rings. The third-order valence-electron chi connectivity index (χ3n) is 2.05. The summed E-state index contributed by atoms with van der Waals surface area (Å²) in [7, 11) is 0. The highest BCUT2D eigenvalue weighted by Crippen LogP contribution is 2.17. The van der Waals surface area contributed by atoms with E-state index in [9.17, 15) is 0 Å². The number of pyridine rings is 1. The molecule has 0 fully saturated rings. The van der Waals surface area contributed by atoms with Crippen LogP contribution in [0, 0.1) is 6.92 Å². The molecule has 0 radical (unpaired) electrons. The number of hydrogen-bond acceptors (Lipinski definition) is 3. The van der Waals surface area contributed by atoms with Gasteiger partial charge in [-0.2, -0.15) is 0 Å². The number of hydrogen-bond donors (Lipinski definition) is 1. The molecule has 0 spiro atoms. The van der Waals surface area contributed by atoms with Crippen molar-refractivity contribution in [3.05, 3.63) is 44.7 Å². The summed E-state index contributed by atoms with van der Waals surface area (Å²) >= 11 is 5.18. The molecule has 1 N–H and O–H groups in total. The maximum absolute atomic E-state index is 4.42. The van der Waals surface area contributed by atoms with Crippen LogP contribution in [0.1, 0.15) is 10.6 Å². The first-order chi connectivity index (χ1) is 7.25. The second-order valence-corrected chi connectivity index (χ2v) is 5.08. The van der Waals surface area contributed by atoms with E-state index in [-0.39, 0.29) is 0 Å². The molecule has 0 atom stereocenters. The lowest BCUT2D eigenvalue weighted by Gasteiger charge is -2.05. The lowest BCUT2D eigenvalue weighted by molar-refractivity contribution is 1.10. The van der Waals surface area contributed by atoms with Crippen molar-refractivity contribution in [2.75, 3.05) is 5.32 Å². The molecule has 4 heteroatoms. The molecule has 2 nitrogen and oxygen atoms in total. The van der Waals surface area contributed by atoms with Gasteiger partial charge in [0.2, 0.25) is 0 Å². The Morgan fingerprint density at radius 2 is 2.27 bits per heavy atom. The minimum Gasteiger partial charge on any atom is -0.365 e. The number of nitrogens with one attached hydrogen (secondary N) is 1. The van der Waals surface area contributed by atoms with Crippen molar-refractivity contribution in [1.82, 2.24) is 4.98 Å². The van der Waals surface area contributed by atoms with Crippen molar-refractivity contribution in [3.63, 3.8) is 0 Å². The summed E-state index contributed by atoms with van der Waals surface area (Å²) in [5, 5.41) is 5.37. The summed E-state index contributed by atoms with van der Waals surface area (Å²) in [5.74, 6) is 0.920. The second kappa shape index (κ2) is 4.77. The van der Waals surface area contributed by atoms with Gasteiger partial charge in [0.25, 0.3) is 0 Å². The average molecular weight is 283 g/mol. The monoisotopic (exact) mass is 282 g/mol. The summed E-state index contributed by atoms with van der Waals surface area (Å²) in [6.07, 6.45) is 0. The molecule has 2 heterocycles. The topological polar surface area (TPSA) is 24.9 Å². The molecule has 0 aliphatic rings. The van der Waals surface area contributed by atoms with Crippen LogP contribution in [-0.4, -0.2) is 4.98 Å². The molecule has 0 aliphatic heterocycles. The van der Waals surface area contributed by atoms with Crippen molar-refractivity contribution in [1.29, 1.82) is 0 Å². The first-order valence-electron chi connectivity index (χ1n) is 4.65. The van der Waals surface area contributed by atoms with E-state index in [4.69, 9.17) is 0 Å². The van der Waals surface area contributed by atoms with E-state index in [1.807, 2.05) is 19.1 Å². The van der Waals surface area contributed by atoms with Gasteiger partial charge < -0.3 is 5.32 Å². The van der Waals surface area contributed by atoms with E-state index in [0.29, 0.717) is 0 Å². The molecular weight excluding hydrogens is 272 g/mol. The number of anilines is 1. The van der Waals surface area contributed by atoms with Gasteiger partial charge >= 0.3 is 0 Å². The van der Waals surface area contributed by atoms with Crippen molar-refractivity contribution in [3.8, 4) is 0 Å². The number of halogens is 1. The number of thiophene rings is 1. The van der Waals surface area contributed by atoms with Crippen LogP contribution in [0.2, 0.25) is 0 Å². The minimum atomic E-state index is 0.839. The van der Waals surface area contributed by atoms with Gasteiger partial charge in [-0.25, -0.2) is 4.98 Å². The van der Waals surface area contributed by atoms with Gasteiger partial charge in [0, 0.05) is 9.35 Å². The van der Waals surface area contributed by atoms with E-state index in [2.05, 4.69) is 43.7 Å². The normalized spacial score (nSPS) is 10.3. The van der Waals surface area contributed by atoms with Crippen molar-refractivity contribution < 1.29 is 0 Å². The summed E-state index contributed by atoms with van der Waals surface area (Å²) in [5.41, 5.74) is 1.01. The fraction of sp³-hybridized carbons (Fsp3) is 0.182. The van der Waals surface area contributed by atoms with Crippen molar-refractivity contribution in [2.45, 2.75) is 13.5 Å². The summed E-state index contributed by atoms with van der Waals surface area (Å²) in [6.45, 7) is 2.83.